The van der Waals surface area contributed by atoms with E-state index in [0.29, 0.717) is 28.0 Å². The van der Waals surface area contributed by atoms with Crippen molar-refractivity contribution in [1.29, 1.82) is 0 Å². The minimum absolute atomic E-state index is 0.177. The van der Waals surface area contributed by atoms with Crippen molar-refractivity contribution in [2.75, 3.05) is 26.1 Å². The van der Waals surface area contributed by atoms with Crippen LogP contribution in [-0.2, 0) is 4.74 Å². The fraction of sp³-hybridized carbons (Fsp3) is 0.115. The van der Waals surface area contributed by atoms with E-state index in [9.17, 15) is 9.59 Å². The molecule has 0 bridgehead atoms. The molecule has 1 aromatic heterocycles. The molecule has 32 heavy (non-hydrogen) atoms. The van der Waals surface area contributed by atoms with Gasteiger partial charge in [0.05, 0.1) is 29.3 Å². The van der Waals surface area contributed by atoms with Gasteiger partial charge in [-0.2, -0.15) is 0 Å². The first-order chi connectivity index (χ1) is 15.5. The van der Waals surface area contributed by atoms with Gasteiger partial charge in [0.1, 0.15) is 5.82 Å². The summed E-state index contributed by atoms with van der Waals surface area (Å²) in [5.74, 6) is 0.0676. The van der Waals surface area contributed by atoms with Gasteiger partial charge in [0.25, 0.3) is 5.56 Å². The largest absolute Gasteiger partial charge is 0.465 e. The second-order valence-electron chi connectivity index (χ2n) is 7.49. The predicted octanol–water partition coefficient (Wildman–Crippen LogP) is 4.41. The molecule has 0 saturated heterocycles. The lowest BCUT2D eigenvalue weighted by Gasteiger charge is -2.13. The van der Waals surface area contributed by atoms with Crippen molar-refractivity contribution < 1.29 is 9.53 Å². The zero-order chi connectivity index (χ0) is 22.7. The SMILES string of the molecule is COC(=O)c1ccc(-n2c(C=Cc3ccc(N(C)C)cc3)nc3ccccc3c2=O)cc1. The molecule has 4 aromatic rings. The molecule has 0 aliphatic rings. The lowest BCUT2D eigenvalue weighted by Crippen LogP contribution is -2.22. The average Bonchev–Trinajstić information content (AvgIpc) is 2.83. The Labute approximate surface area is 186 Å². The van der Waals surface area contributed by atoms with Crippen LogP contribution in [0.2, 0.25) is 0 Å². The first-order valence-electron chi connectivity index (χ1n) is 10.1. The number of benzene rings is 3. The van der Waals surface area contributed by atoms with Gasteiger partial charge >= 0.3 is 5.97 Å². The van der Waals surface area contributed by atoms with E-state index >= 15 is 0 Å². The molecular formula is C26H23N3O3. The van der Waals surface area contributed by atoms with E-state index in [-0.39, 0.29) is 5.56 Å². The maximum Gasteiger partial charge on any atom is 0.337 e. The van der Waals surface area contributed by atoms with Gasteiger partial charge < -0.3 is 9.64 Å². The molecule has 0 atom stereocenters. The maximum absolute atomic E-state index is 13.3. The van der Waals surface area contributed by atoms with E-state index in [4.69, 9.17) is 9.72 Å². The molecule has 0 N–H and O–H groups in total. The summed E-state index contributed by atoms with van der Waals surface area (Å²) < 4.78 is 6.31. The third kappa shape index (κ3) is 4.16. The number of esters is 1. The summed E-state index contributed by atoms with van der Waals surface area (Å²) in [5, 5.41) is 0.525. The number of anilines is 1. The van der Waals surface area contributed by atoms with Crippen molar-refractivity contribution in [1.82, 2.24) is 9.55 Å². The molecule has 0 amide bonds. The van der Waals surface area contributed by atoms with E-state index in [1.165, 1.54) is 7.11 Å². The van der Waals surface area contributed by atoms with Gasteiger partial charge in [0.2, 0.25) is 0 Å². The summed E-state index contributed by atoms with van der Waals surface area (Å²) >= 11 is 0. The predicted molar refractivity (Wildman–Crippen MR) is 128 cm³/mol. The molecule has 0 unspecified atom stereocenters. The standard InChI is InChI=1S/C26H23N3O3/c1-28(2)20-13-8-18(9-14-20)10-17-24-27-23-7-5-4-6-22(23)25(30)29(24)21-15-11-19(12-16-21)26(31)32-3/h4-17H,1-3H3. The minimum Gasteiger partial charge on any atom is -0.465 e. The number of carbonyl (C=O) groups excluding carboxylic acids is 1. The topological polar surface area (TPSA) is 64.4 Å². The minimum atomic E-state index is -0.429. The average molecular weight is 425 g/mol. The highest BCUT2D eigenvalue weighted by molar-refractivity contribution is 5.89. The number of aromatic nitrogens is 2. The quantitative estimate of drug-likeness (QED) is 0.443. The summed E-state index contributed by atoms with van der Waals surface area (Å²) in [4.78, 5) is 31.9. The Kier molecular flexibility index (Phi) is 5.85. The monoisotopic (exact) mass is 425 g/mol. The zero-order valence-corrected chi connectivity index (χ0v) is 18.1. The number of hydrogen-bond acceptors (Lipinski definition) is 5. The third-order valence-electron chi connectivity index (χ3n) is 5.18. The number of nitrogens with zero attached hydrogens (tertiary/aromatic N) is 3. The Morgan fingerprint density at radius 2 is 1.62 bits per heavy atom. The number of methoxy groups -OCH3 is 1. The van der Waals surface area contributed by atoms with Gasteiger partial charge in [-0.3, -0.25) is 9.36 Å². The molecule has 160 valence electrons. The molecule has 3 aromatic carbocycles. The molecule has 6 heteroatoms. The van der Waals surface area contributed by atoms with Crippen molar-refractivity contribution in [2.45, 2.75) is 0 Å². The summed E-state index contributed by atoms with van der Waals surface area (Å²) in [7, 11) is 5.32. The summed E-state index contributed by atoms with van der Waals surface area (Å²) in [6, 6.07) is 22.1. The Hall–Kier alpha value is -4.19. The summed E-state index contributed by atoms with van der Waals surface area (Å²) in [6.45, 7) is 0. The first kappa shape index (κ1) is 21.1. The Bertz CT molecular complexity index is 1350. The van der Waals surface area contributed by atoms with Crippen LogP contribution in [0.1, 0.15) is 21.7 Å². The highest BCUT2D eigenvalue weighted by atomic mass is 16.5. The molecule has 0 aliphatic heterocycles. The van der Waals surface area contributed by atoms with Crippen molar-refractivity contribution in [3.8, 4) is 5.69 Å². The lowest BCUT2D eigenvalue weighted by molar-refractivity contribution is 0.0600. The molecular weight excluding hydrogens is 402 g/mol. The smallest absolute Gasteiger partial charge is 0.337 e. The van der Waals surface area contributed by atoms with Gasteiger partial charge in [-0.05, 0) is 60.2 Å². The summed E-state index contributed by atoms with van der Waals surface area (Å²) in [5.41, 5.74) is 3.57. The van der Waals surface area contributed by atoms with Crippen LogP contribution in [-0.4, -0.2) is 36.7 Å². The fourth-order valence-corrected chi connectivity index (χ4v) is 3.43. The molecule has 0 saturated carbocycles. The van der Waals surface area contributed by atoms with Crippen LogP contribution >= 0.6 is 0 Å². The molecule has 1 heterocycles. The van der Waals surface area contributed by atoms with E-state index in [1.807, 2.05) is 73.6 Å². The maximum atomic E-state index is 13.3. The van der Waals surface area contributed by atoms with Crippen molar-refractivity contribution in [2.24, 2.45) is 0 Å². The van der Waals surface area contributed by atoms with Gasteiger partial charge in [-0.1, -0.05) is 30.3 Å². The number of carbonyl (C=O) groups is 1. The van der Waals surface area contributed by atoms with Crippen LogP contribution in [0.15, 0.2) is 77.6 Å². The molecule has 0 fully saturated rings. The van der Waals surface area contributed by atoms with E-state index in [1.54, 1.807) is 34.9 Å². The number of hydrogen-bond donors (Lipinski definition) is 0. The number of fused-ring (bicyclic) bond motifs is 1. The first-order valence-corrected chi connectivity index (χ1v) is 10.1. The second kappa shape index (κ2) is 8.89. The van der Waals surface area contributed by atoms with Crippen LogP contribution < -0.4 is 10.5 Å². The van der Waals surface area contributed by atoms with Gasteiger partial charge in [0, 0.05) is 19.8 Å². The van der Waals surface area contributed by atoms with Crippen molar-refractivity contribution in [3.63, 3.8) is 0 Å². The fourth-order valence-electron chi connectivity index (χ4n) is 3.43. The van der Waals surface area contributed by atoms with Crippen LogP contribution in [0.4, 0.5) is 5.69 Å². The lowest BCUT2D eigenvalue weighted by atomic mass is 10.1. The third-order valence-corrected chi connectivity index (χ3v) is 5.18. The molecule has 0 radical (unpaired) electrons. The molecule has 0 aliphatic carbocycles. The van der Waals surface area contributed by atoms with Gasteiger partial charge in [0.15, 0.2) is 0 Å². The highest BCUT2D eigenvalue weighted by Crippen LogP contribution is 2.18. The zero-order valence-electron chi connectivity index (χ0n) is 18.1. The van der Waals surface area contributed by atoms with Gasteiger partial charge in [-0.15, -0.1) is 0 Å². The molecule has 4 rings (SSSR count). The van der Waals surface area contributed by atoms with Crippen LogP contribution in [0.3, 0.4) is 0 Å². The highest BCUT2D eigenvalue weighted by Gasteiger charge is 2.12. The van der Waals surface area contributed by atoms with Crippen LogP contribution in [0, 0.1) is 0 Å². The van der Waals surface area contributed by atoms with Crippen molar-refractivity contribution >= 4 is 34.7 Å². The van der Waals surface area contributed by atoms with Crippen molar-refractivity contribution in [3.05, 3.63) is 100 Å². The van der Waals surface area contributed by atoms with E-state index in [0.717, 1.165) is 11.3 Å². The Morgan fingerprint density at radius 3 is 2.28 bits per heavy atom. The van der Waals surface area contributed by atoms with Crippen LogP contribution in [0.25, 0.3) is 28.7 Å². The number of rotatable bonds is 5. The summed E-state index contributed by atoms with van der Waals surface area (Å²) in [6.07, 6.45) is 3.75. The molecule has 6 nitrogen and oxygen atoms in total. The number of para-hydroxylation sites is 1. The number of ether oxygens (including phenoxy) is 1. The van der Waals surface area contributed by atoms with Crippen LogP contribution in [0.5, 0.6) is 0 Å². The van der Waals surface area contributed by atoms with E-state index < -0.39 is 5.97 Å². The molecule has 0 spiro atoms. The van der Waals surface area contributed by atoms with E-state index in [2.05, 4.69) is 0 Å². The second-order valence-corrected chi connectivity index (χ2v) is 7.49. The van der Waals surface area contributed by atoms with Gasteiger partial charge in [-0.25, -0.2) is 9.78 Å². The Balaban J connectivity index is 1.82. The Morgan fingerprint density at radius 1 is 0.938 bits per heavy atom. The normalized spacial score (nSPS) is 11.1.